The van der Waals surface area contributed by atoms with Crippen molar-refractivity contribution in [2.75, 3.05) is 10.7 Å². The van der Waals surface area contributed by atoms with E-state index in [2.05, 4.69) is 22.6 Å². The van der Waals surface area contributed by atoms with Gasteiger partial charge in [-0.25, -0.2) is 12.8 Å². The van der Waals surface area contributed by atoms with Crippen LogP contribution in [0, 0.1) is 5.82 Å². The average molecular weight is 458 g/mol. The second kappa shape index (κ2) is 6.48. The Hall–Kier alpha value is -1.41. The summed E-state index contributed by atoms with van der Waals surface area (Å²) < 4.78 is 44.6. The van der Waals surface area contributed by atoms with Crippen molar-refractivity contribution in [2.24, 2.45) is 0 Å². The number of alkyl halides is 1. The fraction of sp³-hybridized carbons (Fsp3) is 0.222. The second-order valence-corrected chi connectivity index (χ2v) is 8.60. The van der Waals surface area contributed by atoms with E-state index in [9.17, 15) is 12.8 Å². The Kier molecular flexibility index (Phi) is 4.70. The van der Waals surface area contributed by atoms with Crippen molar-refractivity contribution < 1.29 is 17.5 Å². The smallest absolute Gasteiger partial charge is 0.175 e. The van der Waals surface area contributed by atoms with Gasteiger partial charge in [0.15, 0.2) is 9.84 Å². The molecule has 2 aromatic carbocycles. The molecule has 3 rings (SSSR count). The Morgan fingerprint density at radius 1 is 1.12 bits per heavy atom. The molecular formula is C18H16FIO3S. The molecule has 3 nitrogen and oxygen atoms in total. The van der Waals surface area contributed by atoms with Crippen molar-refractivity contribution in [2.45, 2.75) is 12.0 Å². The van der Waals surface area contributed by atoms with E-state index < -0.39 is 15.4 Å². The second-order valence-electron chi connectivity index (χ2n) is 5.80. The number of hydrogen-bond acceptors (Lipinski definition) is 3. The maximum atomic E-state index is 13.2. The van der Waals surface area contributed by atoms with Crippen LogP contribution in [-0.4, -0.2) is 19.1 Å². The largest absolute Gasteiger partial charge is 0.480 e. The Labute approximate surface area is 154 Å². The first-order chi connectivity index (χ1) is 11.4. The Morgan fingerprint density at radius 2 is 1.75 bits per heavy atom. The van der Waals surface area contributed by atoms with Gasteiger partial charge in [-0.15, -0.1) is 0 Å². The van der Waals surface area contributed by atoms with Crippen molar-refractivity contribution in [3.63, 3.8) is 0 Å². The van der Waals surface area contributed by atoms with Crippen LogP contribution in [-0.2, 0) is 20.2 Å². The van der Waals surface area contributed by atoms with E-state index in [0.29, 0.717) is 15.8 Å². The minimum atomic E-state index is -3.44. The molecule has 1 atom stereocenters. The van der Waals surface area contributed by atoms with Gasteiger partial charge in [0.2, 0.25) is 0 Å². The lowest BCUT2D eigenvalue weighted by Gasteiger charge is -2.28. The normalized spacial score (nSPS) is 21.0. The van der Waals surface area contributed by atoms with Crippen molar-refractivity contribution >= 4 is 38.2 Å². The molecular weight excluding hydrogens is 442 g/mol. The highest BCUT2D eigenvalue weighted by Gasteiger charge is 2.45. The number of halogens is 2. The third kappa shape index (κ3) is 3.21. The van der Waals surface area contributed by atoms with E-state index in [1.807, 2.05) is 30.3 Å². The van der Waals surface area contributed by atoms with Crippen LogP contribution in [0.2, 0.25) is 0 Å². The van der Waals surface area contributed by atoms with Gasteiger partial charge in [0, 0.05) is 22.7 Å². The molecule has 0 aliphatic carbocycles. The molecule has 0 N–H and O–H groups in total. The van der Waals surface area contributed by atoms with E-state index in [1.54, 1.807) is 12.1 Å². The molecule has 2 aromatic rings. The summed E-state index contributed by atoms with van der Waals surface area (Å²) in [5.41, 5.74) is 0.765. The van der Waals surface area contributed by atoms with Gasteiger partial charge in [-0.05, 0) is 29.8 Å². The Bertz CT molecular complexity index is 876. The number of sulfone groups is 1. The molecule has 0 amide bonds. The van der Waals surface area contributed by atoms with Crippen LogP contribution in [0.3, 0.4) is 0 Å². The maximum absolute atomic E-state index is 13.2. The molecule has 1 aliphatic rings. The van der Waals surface area contributed by atoms with Crippen LogP contribution in [0.4, 0.5) is 4.39 Å². The standard InChI is InChI=1S/C18H16FIO3S/c1-24(21,22)16-11-18(12-20,14-5-3-2-4-6-14)23-17(16)13-7-9-15(19)10-8-13/h2-10H,11-12H2,1H3. The summed E-state index contributed by atoms with van der Waals surface area (Å²) >= 11 is 2.21. The van der Waals surface area contributed by atoms with Crippen molar-refractivity contribution in [1.82, 2.24) is 0 Å². The predicted molar refractivity (Wildman–Crippen MR) is 101 cm³/mol. The molecule has 0 saturated carbocycles. The molecule has 1 aliphatic heterocycles. The summed E-state index contributed by atoms with van der Waals surface area (Å²) in [7, 11) is -3.44. The molecule has 126 valence electrons. The third-order valence-electron chi connectivity index (χ3n) is 4.07. The van der Waals surface area contributed by atoms with Crippen molar-refractivity contribution in [3.05, 3.63) is 76.4 Å². The molecule has 0 bridgehead atoms. The average Bonchev–Trinajstić information content (AvgIpc) is 2.98. The summed E-state index contributed by atoms with van der Waals surface area (Å²) in [5.74, 6) is -0.0560. The van der Waals surface area contributed by atoms with Crippen molar-refractivity contribution in [3.8, 4) is 0 Å². The topological polar surface area (TPSA) is 43.4 Å². The van der Waals surface area contributed by atoms with Crippen LogP contribution < -0.4 is 0 Å². The van der Waals surface area contributed by atoms with Crippen LogP contribution in [0.15, 0.2) is 59.5 Å². The van der Waals surface area contributed by atoms with Crippen LogP contribution in [0.25, 0.3) is 5.76 Å². The van der Waals surface area contributed by atoms with E-state index in [-0.39, 0.29) is 17.1 Å². The molecule has 0 spiro atoms. The first-order valence-electron chi connectivity index (χ1n) is 7.35. The molecule has 24 heavy (non-hydrogen) atoms. The van der Waals surface area contributed by atoms with Gasteiger partial charge in [0.1, 0.15) is 17.2 Å². The maximum Gasteiger partial charge on any atom is 0.175 e. The number of benzene rings is 2. The SMILES string of the molecule is CS(=O)(=O)C1=C(c2ccc(F)cc2)OC(CI)(c2ccccc2)C1. The van der Waals surface area contributed by atoms with Gasteiger partial charge < -0.3 is 4.74 Å². The molecule has 0 fully saturated rings. The Balaban J connectivity index is 2.12. The van der Waals surface area contributed by atoms with E-state index in [1.165, 1.54) is 18.4 Å². The summed E-state index contributed by atoms with van der Waals surface area (Å²) in [6.07, 6.45) is 1.45. The highest BCUT2D eigenvalue weighted by Crippen LogP contribution is 2.48. The molecule has 1 heterocycles. The molecule has 1 unspecified atom stereocenters. The third-order valence-corrected chi connectivity index (χ3v) is 6.52. The zero-order valence-electron chi connectivity index (χ0n) is 13.0. The fourth-order valence-electron chi connectivity index (χ4n) is 2.80. The number of ether oxygens (including phenoxy) is 1. The molecule has 0 saturated heterocycles. The minimum Gasteiger partial charge on any atom is -0.480 e. The zero-order valence-corrected chi connectivity index (χ0v) is 16.0. The summed E-state index contributed by atoms with van der Waals surface area (Å²) in [4.78, 5) is 0.259. The van der Waals surface area contributed by atoms with Gasteiger partial charge in [-0.1, -0.05) is 52.9 Å². The summed E-state index contributed by atoms with van der Waals surface area (Å²) in [6.45, 7) is 0. The molecule has 0 aromatic heterocycles. The van der Waals surface area contributed by atoms with Gasteiger partial charge in [-0.2, -0.15) is 0 Å². The van der Waals surface area contributed by atoms with E-state index in [4.69, 9.17) is 4.74 Å². The van der Waals surface area contributed by atoms with E-state index >= 15 is 0 Å². The highest BCUT2D eigenvalue weighted by molar-refractivity contribution is 14.1. The Morgan fingerprint density at radius 3 is 2.29 bits per heavy atom. The quantitative estimate of drug-likeness (QED) is 0.508. The summed E-state index contributed by atoms with van der Waals surface area (Å²) in [5, 5.41) is 0. The lowest BCUT2D eigenvalue weighted by Crippen LogP contribution is -2.28. The van der Waals surface area contributed by atoms with Crippen LogP contribution >= 0.6 is 22.6 Å². The highest BCUT2D eigenvalue weighted by atomic mass is 127. The number of rotatable bonds is 4. The van der Waals surface area contributed by atoms with Gasteiger partial charge in [0.05, 0.1) is 4.91 Å². The van der Waals surface area contributed by atoms with Gasteiger partial charge in [0.25, 0.3) is 0 Å². The molecule has 6 heteroatoms. The first-order valence-corrected chi connectivity index (χ1v) is 10.8. The monoisotopic (exact) mass is 458 g/mol. The predicted octanol–water partition coefficient (Wildman–Crippen LogP) is 4.29. The lowest BCUT2D eigenvalue weighted by atomic mass is 9.93. The van der Waals surface area contributed by atoms with E-state index in [0.717, 1.165) is 5.56 Å². The van der Waals surface area contributed by atoms with Gasteiger partial charge in [-0.3, -0.25) is 0 Å². The first kappa shape index (κ1) is 17.4. The van der Waals surface area contributed by atoms with Crippen molar-refractivity contribution in [1.29, 1.82) is 0 Å². The van der Waals surface area contributed by atoms with Crippen LogP contribution in [0.5, 0.6) is 0 Å². The zero-order chi connectivity index (χ0) is 17.4. The molecule has 0 radical (unpaired) electrons. The lowest BCUT2D eigenvalue weighted by molar-refractivity contribution is 0.0860. The fourth-order valence-corrected chi connectivity index (χ4v) is 4.66. The minimum absolute atomic E-state index is 0.259. The van der Waals surface area contributed by atoms with Gasteiger partial charge >= 0.3 is 0 Å². The van der Waals surface area contributed by atoms with Crippen LogP contribution in [0.1, 0.15) is 17.5 Å². The number of hydrogen-bond donors (Lipinski definition) is 0. The summed E-state index contributed by atoms with van der Waals surface area (Å²) in [6, 6.07) is 15.3.